The van der Waals surface area contributed by atoms with Gasteiger partial charge in [-0.2, -0.15) is 0 Å². The van der Waals surface area contributed by atoms with Crippen LogP contribution in [-0.4, -0.2) is 32.5 Å². The topological polar surface area (TPSA) is 37.4 Å². The van der Waals surface area contributed by atoms with Crippen molar-refractivity contribution >= 4 is 32.7 Å². The maximum atomic E-state index is 11.8. The molecule has 134 valence electrons. The van der Waals surface area contributed by atoms with Crippen LogP contribution >= 0.6 is 11.6 Å². The molecule has 1 aliphatic carbocycles. The van der Waals surface area contributed by atoms with E-state index in [2.05, 4.69) is 25.3 Å². The van der Waals surface area contributed by atoms with Gasteiger partial charge in [0.25, 0.3) is 0 Å². The lowest BCUT2D eigenvalue weighted by Gasteiger charge is -2.38. The third kappa shape index (κ3) is 4.15. The standard InChI is InChI=1S/C19H28ClNO2S/c1-6-21(16-7-9-17(10-8-16)24(5,22)23)19-12-15(20)11-18(13(2)3)14(19)4/h11-12,16-17H,2,6-10H2,1,3-5H3. The Bertz CT molecular complexity index is 719. The molecular weight excluding hydrogens is 342 g/mol. The summed E-state index contributed by atoms with van der Waals surface area (Å²) in [6, 6.07) is 4.36. The monoisotopic (exact) mass is 369 g/mol. The van der Waals surface area contributed by atoms with E-state index in [0.717, 1.165) is 54.1 Å². The highest BCUT2D eigenvalue weighted by molar-refractivity contribution is 7.91. The fourth-order valence-corrected chi connectivity index (χ4v) is 5.16. The second kappa shape index (κ2) is 7.49. The van der Waals surface area contributed by atoms with Crippen LogP contribution in [0.15, 0.2) is 18.7 Å². The molecule has 0 bridgehead atoms. The predicted octanol–water partition coefficient (Wildman–Crippen LogP) is 4.86. The Kier molecular flexibility index (Phi) is 6.03. The average molecular weight is 370 g/mol. The van der Waals surface area contributed by atoms with Crippen LogP contribution in [0.1, 0.15) is 50.7 Å². The summed E-state index contributed by atoms with van der Waals surface area (Å²) in [5.74, 6) is 0. The number of benzene rings is 1. The summed E-state index contributed by atoms with van der Waals surface area (Å²) >= 11 is 6.34. The van der Waals surface area contributed by atoms with Gasteiger partial charge in [0.15, 0.2) is 0 Å². The van der Waals surface area contributed by atoms with Gasteiger partial charge in [-0.3, -0.25) is 0 Å². The number of sulfone groups is 1. The Balaban J connectivity index is 2.29. The van der Waals surface area contributed by atoms with Gasteiger partial charge in [0.1, 0.15) is 9.84 Å². The van der Waals surface area contributed by atoms with Gasteiger partial charge in [0.05, 0.1) is 5.25 Å². The molecule has 1 aliphatic rings. The van der Waals surface area contributed by atoms with Crippen molar-refractivity contribution in [3.63, 3.8) is 0 Å². The van der Waals surface area contributed by atoms with Crippen molar-refractivity contribution in [1.29, 1.82) is 0 Å². The molecular formula is C19H28ClNO2S. The van der Waals surface area contributed by atoms with Gasteiger partial charge < -0.3 is 4.90 Å². The lowest BCUT2D eigenvalue weighted by molar-refractivity contribution is 0.414. The van der Waals surface area contributed by atoms with Crippen LogP contribution in [0.4, 0.5) is 5.69 Å². The molecule has 0 heterocycles. The summed E-state index contributed by atoms with van der Waals surface area (Å²) in [6.45, 7) is 11.2. The molecule has 0 atom stereocenters. The van der Waals surface area contributed by atoms with E-state index in [1.807, 2.05) is 19.1 Å². The third-order valence-corrected chi connectivity index (χ3v) is 7.05. The molecule has 0 amide bonds. The summed E-state index contributed by atoms with van der Waals surface area (Å²) in [7, 11) is -2.93. The van der Waals surface area contributed by atoms with Crippen LogP contribution in [0, 0.1) is 6.92 Å². The zero-order chi connectivity index (χ0) is 18.1. The van der Waals surface area contributed by atoms with Crippen molar-refractivity contribution in [2.45, 2.75) is 57.7 Å². The molecule has 0 unspecified atom stereocenters. The number of anilines is 1. The van der Waals surface area contributed by atoms with E-state index < -0.39 is 9.84 Å². The number of hydrogen-bond donors (Lipinski definition) is 0. The normalized spacial score (nSPS) is 21.5. The Morgan fingerprint density at radius 1 is 1.29 bits per heavy atom. The highest BCUT2D eigenvalue weighted by atomic mass is 35.5. The van der Waals surface area contributed by atoms with Crippen molar-refractivity contribution in [2.24, 2.45) is 0 Å². The first-order chi connectivity index (χ1) is 11.1. The summed E-state index contributed by atoms with van der Waals surface area (Å²) in [6.07, 6.45) is 4.65. The fourth-order valence-electron chi connectivity index (χ4n) is 3.82. The smallest absolute Gasteiger partial charge is 0.150 e. The van der Waals surface area contributed by atoms with E-state index in [9.17, 15) is 8.42 Å². The van der Waals surface area contributed by atoms with Gasteiger partial charge >= 0.3 is 0 Å². The average Bonchev–Trinajstić information content (AvgIpc) is 2.50. The Morgan fingerprint density at radius 3 is 2.33 bits per heavy atom. The first kappa shape index (κ1) is 19.3. The lowest BCUT2D eigenvalue weighted by Crippen LogP contribution is -2.41. The predicted molar refractivity (Wildman–Crippen MR) is 105 cm³/mol. The molecule has 2 rings (SSSR count). The molecule has 0 aromatic heterocycles. The Morgan fingerprint density at radius 2 is 1.88 bits per heavy atom. The van der Waals surface area contributed by atoms with Gasteiger partial charge in [-0.1, -0.05) is 23.8 Å². The number of nitrogens with zero attached hydrogens (tertiary/aromatic N) is 1. The third-order valence-electron chi connectivity index (χ3n) is 5.14. The molecule has 1 aromatic carbocycles. The SMILES string of the molecule is C=C(C)c1cc(Cl)cc(N(CC)C2CCC(S(C)(=O)=O)CC2)c1C. The maximum absolute atomic E-state index is 11.8. The van der Waals surface area contributed by atoms with Crippen LogP contribution < -0.4 is 4.90 Å². The van der Waals surface area contributed by atoms with Crippen molar-refractivity contribution < 1.29 is 8.42 Å². The maximum Gasteiger partial charge on any atom is 0.150 e. The van der Waals surface area contributed by atoms with E-state index in [-0.39, 0.29) is 5.25 Å². The summed E-state index contributed by atoms with van der Waals surface area (Å²) in [4.78, 5) is 2.38. The second-order valence-electron chi connectivity index (χ2n) is 6.92. The number of rotatable bonds is 5. The first-order valence-corrected chi connectivity index (χ1v) is 10.9. The van der Waals surface area contributed by atoms with Crippen LogP contribution in [-0.2, 0) is 9.84 Å². The van der Waals surface area contributed by atoms with E-state index in [0.29, 0.717) is 6.04 Å². The quantitative estimate of drug-likeness (QED) is 0.743. The van der Waals surface area contributed by atoms with Crippen LogP contribution in [0.25, 0.3) is 5.57 Å². The zero-order valence-electron chi connectivity index (χ0n) is 15.1. The second-order valence-corrected chi connectivity index (χ2v) is 9.69. The van der Waals surface area contributed by atoms with E-state index in [1.165, 1.54) is 11.8 Å². The van der Waals surface area contributed by atoms with E-state index in [4.69, 9.17) is 11.6 Å². The Hall–Kier alpha value is -1.00. The molecule has 1 fully saturated rings. The summed E-state index contributed by atoms with van der Waals surface area (Å²) < 4.78 is 23.6. The van der Waals surface area contributed by atoms with Crippen LogP contribution in [0.3, 0.4) is 0 Å². The molecule has 0 aliphatic heterocycles. The molecule has 3 nitrogen and oxygen atoms in total. The molecule has 1 aromatic rings. The minimum Gasteiger partial charge on any atom is -0.369 e. The van der Waals surface area contributed by atoms with Gasteiger partial charge in [0.2, 0.25) is 0 Å². The van der Waals surface area contributed by atoms with Gasteiger partial charge in [-0.05, 0) is 69.7 Å². The summed E-state index contributed by atoms with van der Waals surface area (Å²) in [5, 5.41) is 0.538. The molecule has 0 saturated heterocycles. The lowest BCUT2D eigenvalue weighted by atomic mass is 9.92. The minimum absolute atomic E-state index is 0.182. The highest BCUT2D eigenvalue weighted by Crippen LogP contribution is 2.35. The number of halogens is 1. The van der Waals surface area contributed by atoms with Crippen molar-refractivity contribution in [1.82, 2.24) is 0 Å². The largest absolute Gasteiger partial charge is 0.369 e. The fraction of sp³-hybridized carbons (Fsp3) is 0.579. The highest BCUT2D eigenvalue weighted by Gasteiger charge is 2.31. The van der Waals surface area contributed by atoms with Gasteiger partial charge in [-0.15, -0.1) is 0 Å². The molecule has 0 radical (unpaired) electrons. The molecule has 24 heavy (non-hydrogen) atoms. The molecule has 0 N–H and O–H groups in total. The van der Waals surface area contributed by atoms with E-state index in [1.54, 1.807) is 0 Å². The van der Waals surface area contributed by atoms with Crippen molar-refractivity contribution in [3.05, 3.63) is 34.9 Å². The molecule has 1 saturated carbocycles. The Labute approximate surface area is 151 Å². The van der Waals surface area contributed by atoms with Crippen molar-refractivity contribution in [3.8, 4) is 0 Å². The van der Waals surface area contributed by atoms with Crippen LogP contribution in [0.2, 0.25) is 5.02 Å². The zero-order valence-corrected chi connectivity index (χ0v) is 16.7. The summed E-state index contributed by atoms with van der Waals surface area (Å²) in [5.41, 5.74) is 4.44. The van der Waals surface area contributed by atoms with Crippen LogP contribution in [0.5, 0.6) is 0 Å². The van der Waals surface area contributed by atoms with Gasteiger partial charge in [0, 0.05) is 29.6 Å². The van der Waals surface area contributed by atoms with E-state index >= 15 is 0 Å². The number of hydrogen-bond acceptors (Lipinski definition) is 3. The minimum atomic E-state index is -2.93. The first-order valence-electron chi connectivity index (χ1n) is 8.56. The number of allylic oxidation sites excluding steroid dienone is 1. The van der Waals surface area contributed by atoms with Gasteiger partial charge in [-0.25, -0.2) is 8.42 Å². The molecule has 5 heteroatoms. The molecule has 0 spiro atoms. The van der Waals surface area contributed by atoms with Crippen molar-refractivity contribution in [2.75, 3.05) is 17.7 Å².